The fourth-order valence-corrected chi connectivity index (χ4v) is 2.29. The number of hydrogen-bond donors (Lipinski definition) is 0. The third-order valence-corrected chi connectivity index (χ3v) is 3.22. The highest BCUT2D eigenvalue weighted by molar-refractivity contribution is 7.09. The second-order valence-corrected chi connectivity index (χ2v) is 4.67. The molecule has 3 aromatic rings. The van der Waals surface area contributed by atoms with Crippen LogP contribution in [-0.4, -0.2) is 9.97 Å². The molecule has 0 bridgehead atoms. The van der Waals surface area contributed by atoms with E-state index in [4.69, 9.17) is 4.42 Å². The van der Waals surface area contributed by atoms with Crippen molar-refractivity contribution < 1.29 is 4.42 Å². The molecule has 0 spiro atoms. The van der Waals surface area contributed by atoms with E-state index in [9.17, 15) is 0 Å². The molecule has 3 heterocycles. The van der Waals surface area contributed by atoms with Crippen molar-refractivity contribution in [2.75, 3.05) is 0 Å². The largest absolute Gasteiger partial charge is 0.422 e. The average molecular weight is 230 g/mol. The van der Waals surface area contributed by atoms with E-state index in [2.05, 4.69) is 21.4 Å². The third kappa shape index (κ3) is 1.72. The maximum Gasteiger partial charge on any atom is 0.247 e. The molecule has 3 aromatic heterocycles. The van der Waals surface area contributed by atoms with Gasteiger partial charge in [0.15, 0.2) is 0 Å². The Labute approximate surface area is 96.8 Å². The van der Waals surface area contributed by atoms with Crippen LogP contribution < -0.4 is 0 Å². The topological polar surface area (TPSA) is 38.9 Å². The van der Waals surface area contributed by atoms with E-state index in [0.717, 1.165) is 23.5 Å². The van der Waals surface area contributed by atoms with Crippen molar-refractivity contribution in [3.8, 4) is 0 Å². The standard InChI is InChI=1S/C12H10N2OS/c1-8-4-5-10-12(13-8)15-11(14-10)7-9-3-2-6-16-9/h2-6H,7H2,1H3. The second-order valence-electron chi connectivity index (χ2n) is 3.64. The summed E-state index contributed by atoms with van der Waals surface area (Å²) in [6.07, 6.45) is 0.743. The molecule has 0 fully saturated rings. The van der Waals surface area contributed by atoms with Crippen molar-refractivity contribution in [3.63, 3.8) is 0 Å². The number of nitrogens with zero attached hydrogens (tertiary/aromatic N) is 2. The minimum Gasteiger partial charge on any atom is -0.422 e. The summed E-state index contributed by atoms with van der Waals surface area (Å²) in [5.74, 6) is 0.732. The second kappa shape index (κ2) is 3.72. The quantitative estimate of drug-likeness (QED) is 0.678. The van der Waals surface area contributed by atoms with Crippen LogP contribution in [-0.2, 0) is 6.42 Å². The zero-order valence-electron chi connectivity index (χ0n) is 8.80. The molecule has 0 radical (unpaired) electrons. The van der Waals surface area contributed by atoms with Gasteiger partial charge in [0.25, 0.3) is 0 Å². The Kier molecular flexibility index (Phi) is 2.22. The Bertz CT molecular complexity index is 613. The van der Waals surface area contributed by atoms with Crippen LogP contribution in [0.15, 0.2) is 34.1 Å². The Morgan fingerprint density at radius 3 is 3.00 bits per heavy atom. The van der Waals surface area contributed by atoms with Crippen LogP contribution in [0.3, 0.4) is 0 Å². The number of fused-ring (bicyclic) bond motifs is 1. The molecule has 3 rings (SSSR count). The normalized spacial score (nSPS) is 11.1. The van der Waals surface area contributed by atoms with Crippen LogP contribution in [0.5, 0.6) is 0 Å². The number of pyridine rings is 1. The summed E-state index contributed by atoms with van der Waals surface area (Å²) < 4.78 is 5.61. The number of thiophene rings is 1. The summed E-state index contributed by atoms with van der Waals surface area (Å²) in [6, 6.07) is 8.00. The summed E-state index contributed by atoms with van der Waals surface area (Å²) >= 11 is 1.71. The van der Waals surface area contributed by atoms with Gasteiger partial charge in [-0.2, -0.15) is 0 Å². The Morgan fingerprint density at radius 2 is 2.19 bits per heavy atom. The molecule has 3 nitrogen and oxygen atoms in total. The summed E-state index contributed by atoms with van der Waals surface area (Å²) in [5.41, 5.74) is 2.41. The molecule has 0 saturated carbocycles. The summed E-state index contributed by atoms with van der Waals surface area (Å²) in [6.45, 7) is 1.95. The minimum absolute atomic E-state index is 0.631. The molecule has 0 aromatic carbocycles. The molecule has 0 atom stereocenters. The molecule has 0 amide bonds. The van der Waals surface area contributed by atoms with Crippen molar-refractivity contribution in [3.05, 3.63) is 46.1 Å². The maximum absolute atomic E-state index is 5.61. The maximum atomic E-state index is 5.61. The van der Waals surface area contributed by atoms with Gasteiger partial charge in [0.05, 0.1) is 6.42 Å². The van der Waals surface area contributed by atoms with Crippen LogP contribution >= 0.6 is 11.3 Å². The molecule has 0 N–H and O–H groups in total. The SMILES string of the molecule is Cc1ccc2nc(Cc3cccs3)oc2n1. The molecule has 0 unspecified atom stereocenters. The van der Waals surface area contributed by atoms with E-state index in [1.54, 1.807) is 11.3 Å². The van der Waals surface area contributed by atoms with Gasteiger partial charge in [0.2, 0.25) is 11.6 Å². The zero-order valence-corrected chi connectivity index (χ0v) is 9.62. The van der Waals surface area contributed by atoms with Crippen molar-refractivity contribution in [2.24, 2.45) is 0 Å². The number of hydrogen-bond acceptors (Lipinski definition) is 4. The smallest absolute Gasteiger partial charge is 0.247 e. The summed E-state index contributed by atoms with van der Waals surface area (Å²) in [4.78, 5) is 9.96. The fraction of sp³-hybridized carbons (Fsp3) is 0.167. The Hall–Kier alpha value is -1.68. The average Bonchev–Trinajstić information content (AvgIpc) is 2.86. The lowest BCUT2D eigenvalue weighted by Gasteiger charge is -1.89. The predicted molar refractivity (Wildman–Crippen MR) is 63.7 cm³/mol. The predicted octanol–water partition coefficient (Wildman–Crippen LogP) is 3.18. The van der Waals surface area contributed by atoms with E-state index >= 15 is 0 Å². The van der Waals surface area contributed by atoms with E-state index < -0.39 is 0 Å². The Balaban J connectivity index is 1.99. The van der Waals surface area contributed by atoms with Gasteiger partial charge in [-0.15, -0.1) is 11.3 Å². The molecule has 0 aliphatic rings. The lowest BCUT2D eigenvalue weighted by Crippen LogP contribution is -1.82. The molecule has 0 saturated heterocycles. The van der Waals surface area contributed by atoms with Crippen molar-refractivity contribution in [1.82, 2.24) is 9.97 Å². The molecule has 80 valence electrons. The minimum atomic E-state index is 0.631. The number of rotatable bonds is 2. The van der Waals surface area contributed by atoms with Crippen molar-refractivity contribution in [2.45, 2.75) is 13.3 Å². The van der Waals surface area contributed by atoms with Crippen molar-refractivity contribution in [1.29, 1.82) is 0 Å². The van der Waals surface area contributed by atoms with Gasteiger partial charge in [-0.1, -0.05) is 6.07 Å². The first-order valence-electron chi connectivity index (χ1n) is 5.07. The molecule has 0 aliphatic heterocycles. The van der Waals surface area contributed by atoms with Crippen LogP contribution in [0, 0.1) is 6.92 Å². The van der Waals surface area contributed by atoms with Crippen LogP contribution in [0.25, 0.3) is 11.2 Å². The first-order valence-corrected chi connectivity index (χ1v) is 5.95. The van der Waals surface area contributed by atoms with Gasteiger partial charge in [0, 0.05) is 10.6 Å². The van der Waals surface area contributed by atoms with Gasteiger partial charge in [-0.3, -0.25) is 0 Å². The van der Waals surface area contributed by atoms with Crippen LogP contribution in [0.4, 0.5) is 0 Å². The van der Waals surface area contributed by atoms with E-state index in [1.807, 2.05) is 25.1 Å². The first kappa shape index (κ1) is 9.54. The van der Waals surface area contributed by atoms with Gasteiger partial charge < -0.3 is 4.42 Å². The lowest BCUT2D eigenvalue weighted by molar-refractivity contribution is 0.536. The number of oxazole rings is 1. The van der Waals surface area contributed by atoms with Gasteiger partial charge >= 0.3 is 0 Å². The monoisotopic (exact) mass is 230 g/mol. The highest BCUT2D eigenvalue weighted by atomic mass is 32.1. The zero-order chi connectivity index (χ0) is 11.0. The highest BCUT2D eigenvalue weighted by Crippen LogP contribution is 2.18. The van der Waals surface area contributed by atoms with Gasteiger partial charge in [-0.05, 0) is 30.5 Å². The first-order chi connectivity index (χ1) is 7.81. The molecular formula is C12H10N2OS. The van der Waals surface area contributed by atoms with E-state index in [0.29, 0.717) is 5.71 Å². The third-order valence-electron chi connectivity index (χ3n) is 2.34. The molecular weight excluding hydrogens is 220 g/mol. The lowest BCUT2D eigenvalue weighted by atomic mass is 10.3. The number of aryl methyl sites for hydroxylation is 1. The highest BCUT2D eigenvalue weighted by Gasteiger charge is 2.07. The molecule has 0 aliphatic carbocycles. The van der Waals surface area contributed by atoms with Crippen LogP contribution in [0.2, 0.25) is 0 Å². The molecule has 16 heavy (non-hydrogen) atoms. The summed E-state index contributed by atoms with van der Waals surface area (Å²) in [5, 5.41) is 2.06. The van der Waals surface area contributed by atoms with E-state index in [1.165, 1.54) is 4.88 Å². The van der Waals surface area contributed by atoms with E-state index in [-0.39, 0.29) is 0 Å². The fourth-order valence-electron chi connectivity index (χ4n) is 1.59. The number of aromatic nitrogens is 2. The Morgan fingerprint density at radius 1 is 1.25 bits per heavy atom. The van der Waals surface area contributed by atoms with Crippen LogP contribution in [0.1, 0.15) is 16.5 Å². The van der Waals surface area contributed by atoms with Crippen molar-refractivity contribution >= 4 is 22.6 Å². The summed E-state index contributed by atoms with van der Waals surface area (Å²) in [7, 11) is 0. The van der Waals surface area contributed by atoms with Gasteiger partial charge in [0.1, 0.15) is 5.52 Å². The molecule has 4 heteroatoms. The van der Waals surface area contributed by atoms with Gasteiger partial charge in [-0.25, -0.2) is 9.97 Å².